The van der Waals surface area contributed by atoms with Crippen molar-refractivity contribution in [2.24, 2.45) is 0 Å². The van der Waals surface area contributed by atoms with E-state index in [2.05, 4.69) is 14.7 Å². The fraction of sp³-hybridized carbons (Fsp3) is 0.375. The topological polar surface area (TPSA) is 52.1 Å². The largest absolute Gasteiger partial charge is 0.464 e. The molecule has 0 N–H and O–H groups in total. The fourth-order valence-corrected chi connectivity index (χ4v) is 1.70. The number of halogens is 1. The third kappa shape index (κ3) is 2.16. The summed E-state index contributed by atoms with van der Waals surface area (Å²) in [5, 5.41) is 0.834. The van der Waals surface area contributed by atoms with Crippen LogP contribution in [0.5, 0.6) is 0 Å². The van der Waals surface area contributed by atoms with Crippen LogP contribution in [-0.2, 0) is 4.74 Å². The van der Waals surface area contributed by atoms with Gasteiger partial charge in [-0.2, -0.15) is 0 Å². The molecule has 14 heavy (non-hydrogen) atoms. The number of esters is 1. The summed E-state index contributed by atoms with van der Waals surface area (Å²) < 4.78 is 4.54. The molecule has 0 fully saturated rings. The molecule has 0 unspecified atom stereocenters. The Morgan fingerprint density at radius 2 is 2.14 bits per heavy atom. The third-order valence-corrected chi connectivity index (χ3v) is 2.62. The zero-order chi connectivity index (χ0) is 10.7. The number of methoxy groups -OCH3 is 1. The van der Waals surface area contributed by atoms with Crippen molar-refractivity contribution in [3.63, 3.8) is 0 Å². The maximum absolute atomic E-state index is 11.2. The first-order chi connectivity index (χ1) is 6.60. The molecule has 0 radical (unpaired) electrons. The summed E-state index contributed by atoms with van der Waals surface area (Å²) in [4.78, 5) is 19.2. The van der Waals surface area contributed by atoms with Gasteiger partial charge in [0.05, 0.1) is 12.8 Å². The molecule has 76 valence electrons. The van der Waals surface area contributed by atoms with E-state index in [1.165, 1.54) is 18.9 Å². The molecule has 6 heteroatoms. The average Bonchev–Trinajstić information content (AvgIpc) is 2.19. The number of thioether (sulfide) groups is 1. The summed E-state index contributed by atoms with van der Waals surface area (Å²) in [7, 11) is 1.29. The van der Waals surface area contributed by atoms with Gasteiger partial charge in [0.2, 0.25) is 0 Å². The highest BCUT2D eigenvalue weighted by atomic mass is 35.5. The molecule has 4 nitrogen and oxygen atoms in total. The number of carbonyl (C=O) groups is 1. The minimum atomic E-state index is -0.524. The van der Waals surface area contributed by atoms with E-state index in [9.17, 15) is 4.79 Å². The molecule has 0 spiro atoms. The zero-order valence-corrected chi connectivity index (χ0v) is 9.57. The van der Waals surface area contributed by atoms with E-state index in [1.54, 1.807) is 6.92 Å². The van der Waals surface area contributed by atoms with E-state index in [-0.39, 0.29) is 10.8 Å². The molecule has 0 aromatic carbocycles. The summed E-state index contributed by atoms with van der Waals surface area (Å²) in [6.45, 7) is 1.69. The monoisotopic (exact) mass is 232 g/mol. The lowest BCUT2D eigenvalue weighted by Gasteiger charge is -2.05. The van der Waals surface area contributed by atoms with E-state index in [0.717, 1.165) is 0 Å². The number of hydrogen-bond acceptors (Lipinski definition) is 5. The summed E-state index contributed by atoms with van der Waals surface area (Å²) in [5.41, 5.74) is 0.681. The predicted octanol–water partition coefficient (Wildman–Crippen LogP) is 1.95. The molecule has 0 aliphatic carbocycles. The van der Waals surface area contributed by atoms with Gasteiger partial charge in [-0.1, -0.05) is 11.6 Å². The Hall–Kier alpha value is -0.810. The Bertz CT molecular complexity index is 371. The van der Waals surface area contributed by atoms with Crippen molar-refractivity contribution in [2.45, 2.75) is 11.9 Å². The minimum absolute atomic E-state index is 0.162. The van der Waals surface area contributed by atoms with Crippen LogP contribution in [0.15, 0.2) is 5.03 Å². The van der Waals surface area contributed by atoms with Crippen molar-refractivity contribution in [2.75, 3.05) is 13.4 Å². The molecule has 0 atom stereocenters. The second-order valence-electron chi connectivity index (χ2n) is 2.45. The molecule has 0 saturated heterocycles. The van der Waals surface area contributed by atoms with Gasteiger partial charge >= 0.3 is 5.97 Å². The van der Waals surface area contributed by atoms with Crippen LogP contribution in [0.3, 0.4) is 0 Å². The highest BCUT2D eigenvalue weighted by molar-refractivity contribution is 7.98. The summed E-state index contributed by atoms with van der Waals surface area (Å²) in [6, 6.07) is 0. The van der Waals surface area contributed by atoms with Crippen LogP contribution < -0.4 is 0 Å². The van der Waals surface area contributed by atoms with Crippen LogP contribution in [0.2, 0.25) is 5.15 Å². The second kappa shape index (κ2) is 4.61. The number of ether oxygens (including phenoxy) is 1. The van der Waals surface area contributed by atoms with Crippen molar-refractivity contribution in [1.82, 2.24) is 9.97 Å². The summed E-state index contributed by atoms with van der Waals surface area (Å²) in [5.74, 6) is -0.524. The fourth-order valence-electron chi connectivity index (χ4n) is 0.898. The second-order valence-corrected chi connectivity index (χ2v) is 3.60. The number of nitrogens with zero attached hydrogens (tertiary/aromatic N) is 2. The van der Waals surface area contributed by atoms with Gasteiger partial charge in [0.15, 0.2) is 10.8 Å². The zero-order valence-electron chi connectivity index (χ0n) is 8.00. The SMILES string of the molecule is COC(=O)c1nc(Cl)c(SC)nc1C. The van der Waals surface area contributed by atoms with Gasteiger partial charge in [-0.25, -0.2) is 14.8 Å². The summed E-state index contributed by atoms with van der Waals surface area (Å²) >= 11 is 7.18. The van der Waals surface area contributed by atoms with Crippen LogP contribution in [0.25, 0.3) is 0 Å². The normalized spacial score (nSPS) is 10.0. The van der Waals surface area contributed by atoms with Gasteiger partial charge in [0.25, 0.3) is 0 Å². The molecule has 0 saturated carbocycles. The van der Waals surface area contributed by atoms with Crippen LogP contribution in [-0.4, -0.2) is 29.3 Å². The first kappa shape index (κ1) is 11.3. The molecule has 0 bridgehead atoms. The van der Waals surface area contributed by atoms with Gasteiger partial charge in [-0.05, 0) is 13.2 Å². The molecule has 0 aliphatic heterocycles. The quantitative estimate of drug-likeness (QED) is 0.576. The van der Waals surface area contributed by atoms with E-state index in [0.29, 0.717) is 10.7 Å². The van der Waals surface area contributed by atoms with Crippen molar-refractivity contribution in [1.29, 1.82) is 0 Å². The number of carbonyl (C=O) groups excluding carboxylic acids is 1. The van der Waals surface area contributed by atoms with E-state index < -0.39 is 5.97 Å². The highest BCUT2D eigenvalue weighted by Crippen LogP contribution is 2.22. The van der Waals surface area contributed by atoms with Gasteiger partial charge in [-0.15, -0.1) is 11.8 Å². The molecule has 1 heterocycles. The van der Waals surface area contributed by atoms with Gasteiger partial charge in [0.1, 0.15) is 5.03 Å². The molecule has 0 aliphatic rings. The van der Waals surface area contributed by atoms with Crippen LogP contribution in [0.1, 0.15) is 16.2 Å². The van der Waals surface area contributed by atoms with Gasteiger partial charge < -0.3 is 4.74 Å². The standard InChI is InChI=1S/C8H9ClN2O2S/c1-4-5(8(12)13-2)11-6(9)7(10-4)14-3/h1-3H3. The van der Waals surface area contributed by atoms with E-state index in [4.69, 9.17) is 11.6 Å². The summed E-state index contributed by atoms with van der Waals surface area (Å²) in [6.07, 6.45) is 1.84. The molecule has 1 aromatic heterocycles. The Kier molecular flexibility index (Phi) is 3.71. The Morgan fingerprint density at radius 1 is 1.50 bits per heavy atom. The molecular formula is C8H9ClN2O2S. The van der Waals surface area contributed by atoms with Crippen LogP contribution in [0.4, 0.5) is 0 Å². The van der Waals surface area contributed by atoms with E-state index >= 15 is 0 Å². The molecule has 1 aromatic rings. The number of aromatic nitrogens is 2. The highest BCUT2D eigenvalue weighted by Gasteiger charge is 2.15. The number of hydrogen-bond donors (Lipinski definition) is 0. The number of aryl methyl sites for hydroxylation is 1. The lowest BCUT2D eigenvalue weighted by atomic mass is 10.3. The van der Waals surface area contributed by atoms with Crippen molar-refractivity contribution >= 4 is 29.3 Å². The van der Waals surface area contributed by atoms with Crippen LogP contribution >= 0.6 is 23.4 Å². The first-order valence-corrected chi connectivity index (χ1v) is 5.36. The smallest absolute Gasteiger partial charge is 0.358 e. The Morgan fingerprint density at radius 3 is 2.64 bits per heavy atom. The van der Waals surface area contributed by atoms with Gasteiger partial charge in [-0.3, -0.25) is 0 Å². The van der Waals surface area contributed by atoms with Crippen molar-refractivity contribution in [3.05, 3.63) is 16.5 Å². The third-order valence-electron chi connectivity index (χ3n) is 1.57. The lowest BCUT2D eigenvalue weighted by molar-refractivity contribution is 0.0592. The van der Waals surface area contributed by atoms with Crippen LogP contribution in [0, 0.1) is 6.92 Å². The Labute approximate surface area is 91.0 Å². The molecule has 0 amide bonds. The maximum atomic E-state index is 11.2. The minimum Gasteiger partial charge on any atom is -0.464 e. The lowest BCUT2D eigenvalue weighted by Crippen LogP contribution is -2.09. The number of rotatable bonds is 2. The maximum Gasteiger partial charge on any atom is 0.358 e. The molecule has 1 rings (SSSR count). The van der Waals surface area contributed by atoms with Crippen molar-refractivity contribution in [3.8, 4) is 0 Å². The Balaban J connectivity index is 3.21. The average molecular weight is 233 g/mol. The molecular weight excluding hydrogens is 224 g/mol. The first-order valence-electron chi connectivity index (χ1n) is 3.76. The van der Waals surface area contributed by atoms with E-state index in [1.807, 2.05) is 6.26 Å². The van der Waals surface area contributed by atoms with Gasteiger partial charge in [0, 0.05) is 0 Å². The predicted molar refractivity (Wildman–Crippen MR) is 54.9 cm³/mol. The van der Waals surface area contributed by atoms with Crippen molar-refractivity contribution < 1.29 is 9.53 Å².